The van der Waals surface area contributed by atoms with Crippen LogP contribution in [0.5, 0.6) is 0 Å². The topological polar surface area (TPSA) is 9.23 Å². The van der Waals surface area contributed by atoms with Gasteiger partial charge in [-0.3, -0.25) is 0 Å². The Labute approximate surface area is 66.7 Å². The van der Waals surface area contributed by atoms with E-state index < -0.39 is 0 Å². The number of rotatable bonds is 2. The summed E-state index contributed by atoms with van der Waals surface area (Å²) in [5.74, 6) is 0. The monoisotopic (exact) mass is 158 g/mol. The lowest BCUT2D eigenvalue weighted by Gasteiger charge is -1.86. The van der Waals surface area contributed by atoms with Crippen LogP contribution in [-0.4, -0.2) is 13.2 Å². The molecule has 0 unspecified atom stereocenters. The van der Waals surface area contributed by atoms with E-state index in [0.29, 0.717) is 0 Å². The minimum atomic E-state index is 0.844. The number of ether oxygens (including phenoxy) is 1. The van der Waals surface area contributed by atoms with Crippen molar-refractivity contribution in [3.8, 4) is 0 Å². The van der Waals surface area contributed by atoms with Gasteiger partial charge in [0.05, 0.1) is 0 Å². The van der Waals surface area contributed by atoms with E-state index in [2.05, 4.69) is 0 Å². The van der Waals surface area contributed by atoms with Crippen LogP contribution in [0.3, 0.4) is 0 Å². The molecule has 0 aliphatic rings. The summed E-state index contributed by atoms with van der Waals surface area (Å²) >= 11 is 1.71. The maximum Gasteiger partial charge on any atom is 0.0437 e. The Morgan fingerprint density at radius 1 is 1.10 bits per heavy atom. The lowest BCUT2D eigenvalue weighted by Crippen LogP contribution is -1.84. The van der Waals surface area contributed by atoms with Crippen molar-refractivity contribution in [2.45, 2.75) is 13.8 Å². The van der Waals surface area contributed by atoms with Gasteiger partial charge in [0, 0.05) is 13.2 Å². The van der Waals surface area contributed by atoms with Crippen molar-refractivity contribution in [1.29, 1.82) is 0 Å². The molecule has 0 amide bonds. The number of hydrogen-bond acceptors (Lipinski definition) is 2. The third kappa shape index (κ3) is 7.66. The smallest absolute Gasteiger partial charge is 0.0437 e. The van der Waals surface area contributed by atoms with E-state index in [9.17, 15) is 0 Å². The van der Waals surface area contributed by atoms with Gasteiger partial charge in [0.25, 0.3) is 0 Å². The van der Waals surface area contributed by atoms with Crippen molar-refractivity contribution in [3.63, 3.8) is 0 Å². The molecule has 1 aromatic rings. The first-order valence-electron chi connectivity index (χ1n) is 3.46. The van der Waals surface area contributed by atoms with Crippen LogP contribution >= 0.6 is 11.3 Å². The molecule has 0 aliphatic heterocycles. The largest absolute Gasteiger partial charge is 0.382 e. The normalized spacial score (nSPS) is 8.20. The molecule has 0 bridgehead atoms. The van der Waals surface area contributed by atoms with Gasteiger partial charge in [-0.05, 0) is 24.6 Å². The first kappa shape index (κ1) is 9.66. The molecule has 58 valence electrons. The van der Waals surface area contributed by atoms with Crippen molar-refractivity contribution >= 4 is 11.3 Å². The van der Waals surface area contributed by atoms with Gasteiger partial charge in [0.2, 0.25) is 0 Å². The van der Waals surface area contributed by atoms with Gasteiger partial charge in [0.1, 0.15) is 0 Å². The van der Waals surface area contributed by atoms with Gasteiger partial charge in [-0.15, -0.1) is 0 Å². The molecule has 10 heavy (non-hydrogen) atoms. The molecule has 0 saturated carbocycles. The van der Waals surface area contributed by atoms with Crippen molar-refractivity contribution in [2.24, 2.45) is 0 Å². The van der Waals surface area contributed by atoms with Crippen LogP contribution < -0.4 is 0 Å². The van der Waals surface area contributed by atoms with Gasteiger partial charge >= 0.3 is 0 Å². The Kier molecular flexibility index (Phi) is 8.37. The van der Waals surface area contributed by atoms with E-state index >= 15 is 0 Å². The second kappa shape index (κ2) is 8.66. The van der Waals surface area contributed by atoms with Crippen molar-refractivity contribution in [2.75, 3.05) is 13.2 Å². The summed E-state index contributed by atoms with van der Waals surface area (Å²) in [5, 5.41) is 4.08. The minimum Gasteiger partial charge on any atom is -0.382 e. The molecular weight excluding hydrogens is 144 g/mol. The number of thiophene rings is 1. The molecule has 0 spiro atoms. The van der Waals surface area contributed by atoms with E-state index in [1.54, 1.807) is 11.3 Å². The van der Waals surface area contributed by atoms with Gasteiger partial charge in [-0.25, -0.2) is 0 Å². The molecule has 1 heterocycles. The van der Waals surface area contributed by atoms with Crippen LogP contribution in [0.2, 0.25) is 0 Å². The number of hydrogen-bond donors (Lipinski definition) is 0. The summed E-state index contributed by atoms with van der Waals surface area (Å²) in [6.07, 6.45) is 0. The molecular formula is C8H14OS. The zero-order chi connectivity index (χ0) is 7.66. The quantitative estimate of drug-likeness (QED) is 0.643. The Morgan fingerprint density at radius 2 is 1.60 bits per heavy atom. The van der Waals surface area contributed by atoms with E-state index in [1.165, 1.54) is 0 Å². The highest BCUT2D eigenvalue weighted by atomic mass is 32.1. The summed E-state index contributed by atoms with van der Waals surface area (Å²) in [6, 6.07) is 4.04. The fourth-order valence-electron chi connectivity index (χ4n) is 0.431. The lowest BCUT2D eigenvalue weighted by atomic mass is 10.7. The molecule has 0 aliphatic carbocycles. The zero-order valence-electron chi connectivity index (χ0n) is 6.54. The Morgan fingerprint density at radius 3 is 1.70 bits per heavy atom. The molecule has 1 aromatic heterocycles. The summed E-state index contributed by atoms with van der Waals surface area (Å²) < 4.78 is 4.83. The predicted molar refractivity (Wildman–Crippen MR) is 46.5 cm³/mol. The Balaban J connectivity index is 0.000000162. The fraction of sp³-hybridized carbons (Fsp3) is 0.500. The van der Waals surface area contributed by atoms with Crippen molar-refractivity contribution in [3.05, 3.63) is 22.9 Å². The Hall–Kier alpha value is -0.340. The molecule has 0 atom stereocenters. The summed E-state index contributed by atoms with van der Waals surface area (Å²) in [4.78, 5) is 0. The molecule has 0 aromatic carbocycles. The second-order valence-corrected chi connectivity index (χ2v) is 2.39. The Bertz CT molecular complexity index is 95.6. The van der Waals surface area contributed by atoms with Crippen LogP contribution in [0.15, 0.2) is 22.9 Å². The molecule has 0 radical (unpaired) electrons. The third-order valence-electron chi connectivity index (χ3n) is 0.834. The first-order chi connectivity index (χ1) is 4.91. The van der Waals surface area contributed by atoms with Crippen molar-refractivity contribution in [1.82, 2.24) is 0 Å². The molecule has 1 nitrogen and oxygen atoms in total. The molecule has 0 N–H and O–H groups in total. The lowest BCUT2D eigenvalue weighted by molar-refractivity contribution is 0.162. The van der Waals surface area contributed by atoms with Gasteiger partial charge in [-0.1, -0.05) is 12.1 Å². The van der Waals surface area contributed by atoms with Gasteiger partial charge in [0.15, 0.2) is 0 Å². The van der Waals surface area contributed by atoms with E-state index in [0.717, 1.165) is 13.2 Å². The predicted octanol–water partition coefficient (Wildman–Crippen LogP) is 2.79. The van der Waals surface area contributed by atoms with Crippen LogP contribution in [0.1, 0.15) is 13.8 Å². The fourth-order valence-corrected chi connectivity index (χ4v) is 0.885. The molecule has 2 heteroatoms. The van der Waals surface area contributed by atoms with E-state index in [4.69, 9.17) is 4.74 Å². The summed E-state index contributed by atoms with van der Waals surface area (Å²) in [6.45, 7) is 5.67. The standard InChI is InChI=1S/C4H10O.C4H4S/c1-3-5-4-2;1-2-4-5-3-1/h3-4H2,1-2H3;1-4H. The highest BCUT2D eigenvalue weighted by Gasteiger charge is 1.64. The van der Waals surface area contributed by atoms with E-state index in [1.807, 2.05) is 36.7 Å². The maximum atomic E-state index is 4.83. The average Bonchev–Trinajstić information content (AvgIpc) is 2.44. The highest BCUT2D eigenvalue weighted by molar-refractivity contribution is 7.07. The maximum absolute atomic E-state index is 4.83. The van der Waals surface area contributed by atoms with Crippen LogP contribution in [0.25, 0.3) is 0 Å². The van der Waals surface area contributed by atoms with Crippen LogP contribution in [0, 0.1) is 0 Å². The molecule has 0 saturated heterocycles. The molecule has 0 fully saturated rings. The highest BCUT2D eigenvalue weighted by Crippen LogP contribution is 1.91. The van der Waals surface area contributed by atoms with Crippen LogP contribution in [-0.2, 0) is 4.74 Å². The van der Waals surface area contributed by atoms with Gasteiger partial charge < -0.3 is 4.74 Å². The summed E-state index contributed by atoms with van der Waals surface area (Å²) in [5.41, 5.74) is 0. The first-order valence-corrected chi connectivity index (χ1v) is 4.41. The van der Waals surface area contributed by atoms with Gasteiger partial charge in [-0.2, -0.15) is 11.3 Å². The van der Waals surface area contributed by atoms with Crippen molar-refractivity contribution < 1.29 is 4.74 Å². The van der Waals surface area contributed by atoms with E-state index in [-0.39, 0.29) is 0 Å². The zero-order valence-corrected chi connectivity index (χ0v) is 7.36. The van der Waals surface area contributed by atoms with Crippen LogP contribution in [0.4, 0.5) is 0 Å². The average molecular weight is 158 g/mol. The minimum absolute atomic E-state index is 0.844. The second-order valence-electron chi connectivity index (χ2n) is 1.57. The third-order valence-corrected chi connectivity index (χ3v) is 1.46. The SMILES string of the molecule is CCOCC.c1ccsc1. The molecule has 1 rings (SSSR count). The summed E-state index contributed by atoms with van der Waals surface area (Å²) in [7, 11) is 0.